The largest absolute Gasteiger partial charge is 0.481 e. The number of carbonyl (C=O) groups is 2. The molecule has 0 spiro atoms. The van der Waals surface area contributed by atoms with Gasteiger partial charge in [-0.05, 0) is 19.3 Å². The third-order valence-electron chi connectivity index (χ3n) is 3.82. The molecule has 1 aromatic rings. The number of nitrogens with zero attached hydrogens (tertiary/aromatic N) is 2. The van der Waals surface area contributed by atoms with Crippen molar-refractivity contribution in [1.29, 1.82) is 0 Å². The third-order valence-corrected chi connectivity index (χ3v) is 3.82. The van der Waals surface area contributed by atoms with E-state index in [0.29, 0.717) is 18.7 Å². The molecular weight excluding hydrogens is 260 g/mol. The van der Waals surface area contributed by atoms with Crippen molar-refractivity contribution in [3.63, 3.8) is 0 Å². The molecule has 0 atom stereocenters. The lowest BCUT2D eigenvalue weighted by Gasteiger charge is -2.23. The molecule has 0 radical (unpaired) electrons. The van der Waals surface area contributed by atoms with Crippen LogP contribution in [0.4, 0.5) is 0 Å². The molecule has 1 aliphatic carbocycles. The third kappa shape index (κ3) is 2.97. The molecule has 1 saturated carbocycles. The number of carbonyl (C=O) groups excluding carboxylic acids is 1. The summed E-state index contributed by atoms with van der Waals surface area (Å²) in [6.07, 6.45) is 4.65. The Morgan fingerprint density at radius 1 is 1.40 bits per heavy atom. The lowest BCUT2D eigenvalue weighted by molar-refractivity contribution is -0.148. The number of hydrogen-bond donors (Lipinski definition) is 3. The fourth-order valence-corrected chi connectivity index (χ4v) is 2.59. The zero-order chi connectivity index (χ0) is 14.6. The number of aromatic amines is 1. The number of amides is 1. The van der Waals surface area contributed by atoms with Crippen LogP contribution in [0.5, 0.6) is 0 Å². The van der Waals surface area contributed by atoms with Crippen molar-refractivity contribution in [1.82, 2.24) is 20.5 Å². The van der Waals surface area contributed by atoms with E-state index >= 15 is 0 Å². The van der Waals surface area contributed by atoms with Gasteiger partial charge < -0.3 is 10.4 Å². The van der Waals surface area contributed by atoms with Crippen LogP contribution in [0.25, 0.3) is 0 Å². The second-order valence-electron chi connectivity index (χ2n) is 5.33. The average molecular weight is 280 g/mol. The van der Waals surface area contributed by atoms with E-state index in [-0.39, 0.29) is 12.4 Å². The lowest BCUT2D eigenvalue weighted by Crippen LogP contribution is -2.41. The minimum Gasteiger partial charge on any atom is -0.481 e. The number of rotatable bonds is 6. The van der Waals surface area contributed by atoms with Crippen LogP contribution in [0.3, 0.4) is 0 Å². The van der Waals surface area contributed by atoms with Crippen molar-refractivity contribution in [2.45, 2.75) is 45.4 Å². The van der Waals surface area contributed by atoms with Crippen LogP contribution in [-0.4, -0.2) is 38.7 Å². The van der Waals surface area contributed by atoms with Crippen LogP contribution in [0.15, 0.2) is 0 Å². The molecule has 7 heteroatoms. The van der Waals surface area contributed by atoms with Gasteiger partial charge in [-0.2, -0.15) is 0 Å². The number of hydrogen-bond acceptors (Lipinski definition) is 4. The summed E-state index contributed by atoms with van der Waals surface area (Å²) in [6, 6.07) is 0. The predicted octanol–water partition coefficient (Wildman–Crippen LogP) is 1.13. The molecule has 0 saturated heterocycles. The number of H-pyrrole nitrogens is 1. The Bertz CT molecular complexity index is 492. The van der Waals surface area contributed by atoms with E-state index in [1.54, 1.807) is 0 Å². The molecule has 0 aliphatic heterocycles. The zero-order valence-corrected chi connectivity index (χ0v) is 11.6. The highest BCUT2D eigenvalue weighted by Crippen LogP contribution is 2.37. The molecule has 3 N–H and O–H groups in total. The quantitative estimate of drug-likeness (QED) is 0.724. The number of carboxylic acids is 1. The van der Waals surface area contributed by atoms with Gasteiger partial charge in [-0.25, -0.2) is 4.98 Å². The van der Waals surface area contributed by atoms with E-state index < -0.39 is 17.3 Å². The lowest BCUT2D eigenvalue weighted by atomic mass is 9.86. The van der Waals surface area contributed by atoms with E-state index in [2.05, 4.69) is 20.5 Å². The van der Waals surface area contributed by atoms with Crippen LogP contribution in [-0.2, 0) is 11.2 Å². The number of carboxylic acid groups (broad SMARTS) is 1. The summed E-state index contributed by atoms with van der Waals surface area (Å²) < 4.78 is 0. The monoisotopic (exact) mass is 280 g/mol. The van der Waals surface area contributed by atoms with Gasteiger partial charge in [0.25, 0.3) is 5.91 Å². The van der Waals surface area contributed by atoms with Gasteiger partial charge in [-0.3, -0.25) is 14.7 Å². The molecule has 1 fully saturated rings. The number of aliphatic carboxylic acids is 1. The van der Waals surface area contributed by atoms with Gasteiger partial charge in [-0.15, -0.1) is 5.10 Å². The van der Waals surface area contributed by atoms with Gasteiger partial charge in [0, 0.05) is 13.0 Å². The zero-order valence-electron chi connectivity index (χ0n) is 11.6. The topological polar surface area (TPSA) is 108 Å². The van der Waals surface area contributed by atoms with Crippen molar-refractivity contribution in [2.75, 3.05) is 6.54 Å². The maximum atomic E-state index is 11.9. The van der Waals surface area contributed by atoms with Crippen LogP contribution in [0.2, 0.25) is 0 Å². The number of aromatic nitrogens is 3. The highest BCUT2D eigenvalue weighted by atomic mass is 16.4. The summed E-state index contributed by atoms with van der Waals surface area (Å²) in [4.78, 5) is 27.4. The minimum absolute atomic E-state index is 0.0759. The Hall–Kier alpha value is -1.92. The number of aryl methyl sites for hydroxylation is 1. The molecule has 2 rings (SSSR count). The summed E-state index contributed by atoms with van der Waals surface area (Å²) in [5.74, 6) is -0.508. The Morgan fingerprint density at radius 2 is 2.10 bits per heavy atom. The van der Waals surface area contributed by atoms with E-state index in [1.165, 1.54) is 0 Å². The first kappa shape index (κ1) is 14.5. The molecule has 1 aromatic heterocycles. The molecule has 1 heterocycles. The molecule has 0 aromatic carbocycles. The molecule has 7 nitrogen and oxygen atoms in total. The molecule has 1 amide bonds. The van der Waals surface area contributed by atoms with E-state index in [0.717, 1.165) is 25.7 Å². The number of nitrogens with one attached hydrogen (secondary N) is 2. The van der Waals surface area contributed by atoms with Gasteiger partial charge in [0.15, 0.2) is 0 Å². The highest BCUT2D eigenvalue weighted by molar-refractivity contribution is 5.90. The van der Waals surface area contributed by atoms with Crippen LogP contribution < -0.4 is 5.32 Å². The molecular formula is C13H20N4O3. The molecule has 0 unspecified atom stereocenters. The average Bonchev–Trinajstić information content (AvgIpc) is 3.06. The van der Waals surface area contributed by atoms with E-state index in [4.69, 9.17) is 0 Å². The van der Waals surface area contributed by atoms with Crippen LogP contribution in [0.1, 0.15) is 55.5 Å². The molecule has 1 aliphatic rings. The first-order valence-electron chi connectivity index (χ1n) is 7.00. The predicted molar refractivity (Wildman–Crippen MR) is 71.2 cm³/mol. The molecule has 110 valence electrons. The Kier molecular flexibility index (Phi) is 4.36. The summed E-state index contributed by atoms with van der Waals surface area (Å²) >= 11 is 0. The second-order valence-corrected chi connectivity index (χ2v) is 5.33. The first-order valence-corrected chi connectivity index (χ1v) is 7.00. The van der Waals surface area contributed by atoms with Crippen LogP contribution in [0, 0.1) is 5.41 Å². The minimum atomic E-state index is -0.836. The summed E-state index contributed by atoms with van der Waals surface area (Å²) in [6.45, 7) is 2.15. The first-order chi connectivity index (χ1) is 9.57. The van der Waals surface area contributed by atoms with Crippen molar-refractivity contribution in [3.05, 3.63) is 11.6 Å². The fourth-order valence-electron chi connectivity index (χ4n) is 2.59. The normalized spacial score (nSPS) is 17.1. The van der Waals surface area contributed by atoms with Gasteiger partial charge in [-0.1, -0.05) is 19.8 Å². The SMILES string of the molecule is CCCc1nc(C(=O)NCC2(C(=O)O)CCCC2)n[nH]1. The molecule has 20 heavy (non-hydrogen) atoms. The van der Waals surface area contributed by atoms with Gasteiger partial charge in [0.1, 0.15) is 5.82 Å². The van der Waals surface area contributed by atoms with Crippen molar-refractivity contribution >= 4 is 11.9 Å². The van der Waals surface area contributed by atoms with E-state index in [1.807, 2.05) is 6.92 Å². The van der Waals surface area contributed by atoms with E-state index in [9.17, 15) is 14.7 Å². The Morgan fingerprint density at radius 3 is 2.70 bits per heavy atom. The summed E-state index contributed by atoms with van der Waals surface area (Å²) in [7, 11) is 0. The molecule has 0 bridgehead atoms. The Labute approximate surface area is 117 Å². The van der Waals surface area contributed by atoms with Gasteiger partial charge in [0.2, 0.25) is 5.82 Å². The van der Waals surface area contributed by atoms with Gasteiger partial charge >= 0.3 is 5.97 Å². The maximum absolute atomic E-state index is 11.9. The fraction of sp³-hybridized carbons (Fsp3) is 0.692. The summed E-state index contributed by atoms with van der Waals surface area (Å²) in [5, 5.41) is 18.5. The standard InChI is InChI=1S/C13H20N4O3/c1-2-5-9-15-10(17-16-9)11(18)14-8-13(12(19)20)6-3-4-7-13/h2-8H2,1H3,(H,14,18)(H,19,20)(H,15,16,17). The van der Waals surface area contributed by atoms with Crippen molar-refractivity contribution in [2.24, 2.45) is 5.41 Å². The van der Waals surface area contributed by atoms with Crippen LogP contribution >= 0.6 is 0 Å². The van der Waals surface area contributed by atoms with Crippen molar-refractivity contribution < 1.29 is 14.7 Å². The smallest absolute Gasteiger partial charge is 0.311 e. The van der Waals surface area contributed by atoms with Gasteiger partial charge in [0.05, 0.1) is 5.41 Å². The Balaban J connectivity index is 1.95. The maximum Gasteiger partial charge on any atom is 0.311 e. The van der Waals surface area contributed by atoms with Crippen molar-refractivity contribution in [3.8, 4) is 0 Å². The second kappa shape index (κ2) is 6.02. The summed E-state index contributed by atoms with van der Waals surface area (Å²) in [5.41, 5.74) is -0.821. The highest BCUT2D eigenvalue weighted by Gasteiger charge is 2.41.